The molecule has 4 heterocycles. The predicted molar refractivity (Wildman–Crippen MR) is 124 cm³/mol. The molecule has 0 saturated heterocycles. The first kappa shape index (κ1) is 23.7. The van der Waals surface area contributed by atoms with Crippen molar-refractivity contribution < 1.29 is 13.2 Å². The van der Waals surface area contributed by atoms with E-state index < -0.39 is 17.4 Å². The van der Waals surface area contributed by atoms with Gasteiger partial charge in [-0.05, 0) is 55.3 Å². The number of fused-ring (bicyclic) bond motifs is 2. The number of pyridine rings is 1. The number of hydrogen-bond donors (Lipinski definition) is 2. The number of aromatic nitrogens is 5. The second-order valence-corrected chi connectivity index (χ2v) is 7.68. The molecule has 0 atom stereocenters. The third kappa shape index (κ3) is 4.24. The van der Waals surface area contributed by atoms with Gasteiger partial charge in [0.05, 0.1) is 0 Å². The minimum Gasteiger partial charge on any atom is -0.324 e. The van der Waals surface area contributed by atoms with Crippen LogP contribution in [0.5, 0.6) is 0 Å². The van der Waals surface area contributed by atoms with Crippen molar-refractivity contribution in [3.05, 3.63) is 69.8 Å². The van der Waals surface area contributed by atoms with Crippen LogP contribution < -0.4 is 16.2 Å². The van der Waals surface area contributed by atoms with Gasteiger partial charge in [0.2, 0.25) is 5.95 Å². The molecular formula is C22H21ClF3N7O. The number of nitrogens with zero attached hydrogens (tertiary/aromatic N) is 5. The van der Waals surface area contributed by atoms with Crippen molar-refractivity contribution in [2.75, 3.05) is 11.9 Å². The van der Waals surface area contributed by atoms with Crippen LogP contribution in [-0.2, 0) is 25.7 Å². The second-order valence-electron chi connectivity index (χ2n) is 7.68. The summed E-state index contributed by atoms with van der Waals surface area (Å²) < 4.78 is 42.3. The molecule has 0 aliphatic carbocycles. The summed E-state index contributed by atoms with van der Waals surface area (Å²) in [6, 6.07) is 9.53. The van der Waals surface area contributed by atoms with E-state index in [1.54, 1.807) is 6.92 Å². The predicted octanol–water partition coefficient (Wildman–Crippen LogP) is 3.83. The monoisotopic (exact) mass is 491 g/mol. The van der Waals surface area contributed by atoms with Crippen molar-refractivity contribution in [2.24, 2.45) is 0 Å². The van der Waals surface area contributed by atoms with Crippen LogP contribution in [0.3, 0.4) is 0 Å². The van der Waals surface area contributed by atoms with Gasteiger partial charge in [-0.1, -0.05) is 12.1 Å². The third-order valence-corrected chi connectivity index (χ3v) is 5.57. The van der Waals surface area contributed by atoms with Crippen molar-refractivity contribution in [1.29, 1.82) is 0 Å². The molecule has 2 N–H and O–H groups in total. The Balaban J connectivity index is 0.00000274. The minimum atomic E-state index is -4.61. The van der Waals surface area contributed by atoms with Crippen LogP contribution in [0.15, 0.2) is 47.4 Å². The molecule has 0 radical (unpaired) electrons. The Morgan fingerprint density at radius 1 is 1.15 bits per heavy atom. The van der Waals surface area contributed by atoms with E-state index in [2.05, 4.69) is 25.6 Å². The SMILES string of the molecule is CCn1c(=O)c2cnc(Nc3ccc4c(c3)CNCC4)nc2n1-c1cccc(C(F)(F)F)n1.Cl. The van der Waals surface area contributed by atoms with E-state index in [-0.39, 0.29) is 41.8 Å². The van der Waals surface area contributed by atoms with Gasteiger partial charge >= 0.3 is 6.18 Å². The number of halogens is 4. The summed E-state index contributed by atoms with van der Waals surface area (Å²) in [5.74, 6) is 0.170. The molecule has 34 heavy (non-hydrogen) atoms. The molecule has 3 aromatic heterocycles. The summed E-state index contributed by atoms with van der Waals surface area (Å²) in [6.07, 6.45) is -2.28. The van der Waals surface area contributed by atoms with Gasteiger partial charge < -0.3 is 10.6 Å². The third-order valence-electron chi connectivity index (χ3n) is 5.57. The highest BCUT2D eigenvalue weighted by molar-refractivity contribution is 5.85. The zero-order valence-electron chi connectivity index (χ0n) is 18.1. The van der Waals surface area contributed by atoms with Gasteiger partial charge in [0.25, 0.3) is 5.56 Å². The maximum absolute atomic E-state index is 13.2. The number of hydrogen-bond acceptors (Lipinski definition) is 6. The van der Waals surface area contributed by atoms with Gasteiger partial charge in [-0.3, -0.25) is 4.79 Å². The van der Waals surface area contributed by atoms with Gasteiger partial charge in [-0.15, -0.1) is 12.4 Å². The van der Waals surface area contributed by atoms with Crippen LogP contribution in [0, 0.1) is 0 Å². The fourth-order valence-corrected chi connectivity index (χ4v) is 3.99. The lowest BCUT2D eigenvalue weighted by Gasteiger charge is -2.18. The van der Waals surface area contributed by atoms with Crippen molar-refractivity contribution >= 4 is 35.1 Å². The van der Waals surface area contributed by atoms with Gasteiger partial charge in [-0.25, -0.2) is 19.3 Å². The summed E-state index contributed by atoms with van der Waals surface area (Å²) in [5.41, 5.74) is 1.95. The molecule has 0 bridgehead atoms. The van der Waals surface area contributed by atoms with Gasteiger partial charge in [0.1, 0.15) is 11.1 Å². The van der Waals surface area contributed by atoms with Crippen LogP contribution in [0.25, 0.3) is 16.9 Å². The zero-order chi connectivity index (χ0) is 23.2. The average Bonchev–Trinajstić information content (AvgIpc) is 3.09. The molecule has 5 rings (SSSR count). The van der Waals surface area contributed by atoms with Crippen LogP contribution in [0.4, 0.5) is 24.8 Å². The maximum Gasteiger partial charge on any atom is 0.433 e. The molecule has 178 valence electrons. The van der Waals surface area contributed by atoms with Crippen LogP contribution in [-0.4, -0.2) is 30.9 Å². The lowest BCUT2D eigenvalue weighted by Crippen LogP contribution is -2.23. The second kappa shape index (κ2) is 9.07. The largest absolute Gasteiger partial charge is 0.433 e. The quantitative estimate of drug-likeness (QED) is 0.451. The van der Waals surface area contributed by atoms with E-state index in [9.17, 15) is 18.0 Å². The Morgan fingerprint density at radius 3 is 2.74 bits per heavy atom. The molecule has 12 heteroatoms. The number of nitrogens with one attached hydrogen (secondary N) is 2. The van der Waals surface area contributed by atoms with Crippen LogP contribution in [0.2, 0.25) is 0 Å². The molecule has 0 spiro atoms. The molecule has 8 nitrogen and oxygen atoms in total. The molecule has 4 aromatic rings. The Labute approximate surface area is 198 Å². The molecule has 0 saturated carbocycles. The summed E-state index contributed by atoms with van der Waals surface area (Å²) in [7, 11) is 0. The van der Waals surface area contributed by atoms with Gasteiger partial charge in [-0.2, -0.15) is 18.2 Å². The van der Waals surface area contributed by atoms with Crippen molar-refractivity contribution in [3.8, 4) is 5.82 Å². The molecule has 0 fully saturated rings. The number of alkyl halides is 3. The normalized spacial score (nSPS) is 13.4. The first-order valence-electron chi connectivity index (χ1n) is 10.5. The van der Waals surface area contributed by atoms with Crippen molar-refractivity contribution in [2.45, 2.75) is 32.6 Å². The summed E-state index contributed by atoms with van der Waals surface area (Å²) >= 11 is 0. The Hall–Kier alpha value is -3.44. The molecule has 0 unspecified atom stereocenters. The Kier molecular flexibility index (Phi) is 6.32. The lowest BCUT2D eigenvalue weighted by molar-refractivity contribution is -0.141. The van der Waals surface area contributed by atoms with E-state index in [0.29, 0.717) is 0 Å². The van der Waals surface area contributed by atoms with Crippen LogP contribution >= 0.6 is 12.4 Å². The lowest BCUT2D eigenvalue weighted by atomic mass is 10.0. The number of anilines is 2. The van der Waals surface area contributed by atoms with Crippen LogP contribution in [0.1, 0.15) is 23.7 Å². The summed E-state index contributed by atoms with van der Waals surface area (Å²) in [4.78, 5) is 25.3. The standard InChI is InChI=1S/C22H20F3N7O.ClH/c1-2-31-20(33)16-12-27-21(28-15-7-6-13-8-9-26-11-14(13)10-15)30-19(16)32(31)18-5-3-4-17(29-18)22(23,24)25;/h3-7,10,12,26H,2,8-9,11H2,1H3,(H,27,28,30);1H. The maximum atomic E-state index is 13.2. The average molecular weight is 492 g/mol. The summed E-state index contributed by atoms with van der Waals surface area (Å²) in [5, 5.41) is 6.65. The zero-order valence-corrected chi connectivity index (χ0v) is 18.9. The molecule has 1 aliphatic rings. The Bertz CT molecular complexity index is 1410. The highest BCUT2D eigenvalue weighted by atomic mass is 35.5. The first-order chi connectivity index (χ1) is 15.8. The van der Waals surface area contributed by atoms with E-state index in [0.717, 1.165) is 31.3 Å². The fraction of sp³-hybridized carbons (Fsp3) is 0.273. The highest BCUT2D eigenvalue weighted by Gasteiger charge is 2.33. The molecular weight excluding hydrogens is 471 g/mol. The van der Waals surface area contributed by atoms with E-state index in [1.807, 2.05) is 18.2 Å². The summed E-state index contributed by atoms with van der Waals surface area (Å²) in [6.45, 7) is 3.64. The smallest absolute Gasteiger partial charge is 0.324 e. The van der Waals surface area contributed by atoms with Crippen molar-refractivity contribution in [3.63, 3.8) is 0 Å². The van der Waals surface area contributed by atoms with Gasteiger partial charge in [0.15, 0.2) is 11.5 Å². The first-order valence-corrected chi connectivity index (χ1v) is 10.5. The van der Waals surface area contributed by atoms with E-state index >= 15 is 0 Å². The molecule has 1 aliphatic heterocycles. The van der Waals surface area contributed by atoms with E-state index in [1.165, 1.54) is 38.8 Å². The van der Waals surface area contributed by atoms with Gasteiger partial charge in [0, 0.05) is 25.0 Å². The van der Waals surface area contributed by atoms with Crippen molar-refractivity contribution in [1.82, 2.24) is 29.6 Å². The fourth-order valence-electron chi connectivity index (χ4n) is 3.99. The molecule has 0 amide bonds. The highest BCUT2D eigenvalue weighted by Crippen LogP contribution is 2.28. The number of benzene rings is 1. The topological polar surface area (TPSA) is 89.7 Å². The minimum absolute atomic E-state index is 0. The number of rotatable bonds is 4. The Morgan fingerprint density at radius 2 is 1.97 bits per heavy atom. The van der Waals surface area contributed by atoms with E-state index in [4.69, 9.17) is 0 Å². The molecule has 1 aromatic carbocycles.